The smallest absolute Gasteiger partial charge is 0.416 e. The fourth-order valence-electron chi connectivity index (χ4n) is 3.53. The molecule has 1 aromatic heterocycles. The van der Waals surface area contributed by atoms with Gasteiger partial charge in [-0.2, -0.15) is 13.2 Å². The Bertz CT molecular complexity index is 1160. The maximum Gasteiger partial charge on any atom is 0.416 e. The number of nitrogens with zero attached hydrogens (tertiary/aromatic N) is 2. The highest BCUT2D eigenvalue weighted by atomic mass is 32.2. The first-order valence-electron chi connectivity index (χ1n) is 9.69. The van der Waals surface area contributed by atoms with Gasteiger partial charge in [0.1, 0.15) is 11.4 Å². The number of para-hydroxylation sites is 1. The lowest BCUT2D eigenvalue weighted by Crippen LogP contribution is -2.17. The van der Waals surface area contributed by atoms with Crippen LogP contribution in [0.4, 0.5) is 24.5 Å². The van der Waals surface area contributed by atoms with Crippen LogP contribution in [-0.2, 0) is 22.3 Å². The van der Waals surface area contributed by atoms with Gasteiger partial charge in [0.25, 0.3) is 0 Å². The molecular weight excluding hydrogens is 423 g/mol. The van der Waals surface area contributed by atoms with Crippen molar-refractivity contribution in [2.75, 3.05) is 10.8 Å². The van der Waals surface area contributed by atoms with E-state index in [0.717, 1.165) is 17.7 Å². The van der Waals surface area contributed by atoms with Gasteiger partial charge in [0.2, 0.25) is 5.88 Å². The van der Waals surface area contributed by atoms with Crippen LogP contribution in [0.15, 0.2) is 65.7 Å². The molecule has 0 bridgehead atoms. The molecule has 0 aliphatic carbocycles. The Morgan fingerprint density at radius 3 is 2.45 bits per heavy atom. The Hall–Kier alpha value is -2.87. The quantitative estimate of drug-likeness (QED) is 0.470. The number of ether oxygens (including phenoxy) is 1. The number of nitrogens with one attached hydrogen (secondary N) is 1. The first-order valence-corrected chi connectivity index (χ1v) is 11.1. The van der Waals surface area contributed by atoms with E-state index in [0.29, 0.717) is 27.9 Å². The van der Waals surface area contributed by atoms with Gasteiger partial charge >= 0.3 is 6.18 Å². The fraction of sp³-hybridized carbons (Fsp3) is 0.261. The van der Waals surface area contributed by atoms with E-state index in [9.17, 15) is 13.2 Å². The van der Waals surface area contributed by atoms with E-state index in [4.69, 9.17) is 9.52 Å². The summed E-state index contributed by atoms with van der Waals surface area (Å²) in [6.45, 7) is 6.24. The van der Waals surface area contributed by atoms with Gasteiger partial charge in [-0.15, -0.1) is 0 Å². The number of halogens is 3. The molecule has 31 heavy (non-hydrogen) atoms. The van der Waals surface area contributed by atoms with Crippen molar-refractivity contribution in [3.05, 3.63) is 71.9 Å². The van der Waals surface area contributed by atoms with E-state index in [1.165, 1.54) is 6.07 Å². The zero-order chi connectivity index (χ0) is 22.4. The Morgan fingerprint density at radius 1 is 1.00 bits per heavy atom. The third-order valence-corrected chi connectivity index (χ3v) is 6.44. The number of fused-ring (bicyclic) bond motifs is 1. The molecule has 0 saturated carbocycles. The Labute approximate surface area is 181 Å². The molecule has 1 N–H and O–H groups in total. The van der Waals surface area contributed by atoms with Gasteiger partial charge in [-0.25, -0.2) is 4.98 Å². The first kappa shape index (κ1) is 21.4. The van der Waals surface area contributed by atoms with Crippen LogP contribution in [0.2, 0.25) is 0 Å². The zero-order valence-corrected chi connectivity index (χ0v) is 18.1. The number of pyridine rings is 1. The minimum atomic E-state index is -4.45. The standard InChI is InChI=1S/C23H22F3N3OS/c1-22(2,3)16-7-4-5-9-19(16)30-21-17(8-6-12-28-21)29-14-31(27)20-11-10-15(13-18(20)29)23(24,25)26/h4-13,27H,14H2,1-3H3. The maximum absolute atomic E-state index is 13.3. The number of anilines is 2. The molecule has 2 heterocycles. The third-order valence-electron chi connectivity index (χ3n) is 5.04. The fourth-order valence-corrected chi connectivity index (χ4v) is 4.86. The summed E-state index contributed by atoms with van der Waals surface area (Å²) in [5.41, 5.74) is 0.998. The number of hydrogen-bond acceptors (Lipinski definition) is 4. The van der Waals surface area contributed by atoms with Gasteiger partial charge in [0.15, 0.2) is 0 Å². The lowest BCUT2D eigenvalue weighted by Gasteiger charge is -2.25. The van der Waals surface area contributed by atoms with Crippen LogP contribution in [0.25, 0.3) is 0 Å². The summed E-state index contributed by atoms with van der Waals surface area (Å²) in [6.07, 6.45) is -2.87. The minimum absolute atomic E-state index is 0.166. The summed E-state index contributed by atoms with van der Waals surface area (Å²) in [5, 5.41) is 0. The first-order chi connectivity index (χ1) is 14.6. The molecule has 1 unspecified atom stereocenters. The van der Waals surface area contributed by atoms with Crippen molar-refractivity contribution < 1.29 is 17.9 Å². The number of rotatable bonds is 3. The maximum atomic E-state index is 13.3. The van der Waals surface area contributed by atoms with Crippen LogP contribution in [0.5, 0.6) is 11.6 Å². The van der Waals surface area contributed by atoms with Crippen molar-refractivity contribution in [1.82, 2.24) is 4.98 Å². The SMILES string of the molecule is CC(C)(C)c1ccccc1Oc1ncccc1N1CS(=N)c2ccc(C(F)(F)F)cc21. The highest BCUT2D eigenvalue weighted by Crippen LogP contribution is 2.45. The van der Waals surface area contributed by atoms with Crippen LogP contribution in [0, 0.1) is 4.78 Å². The third kappa shape index (κ3) is 4.17. The topological polar surface area (TPSA) is 49.2 Å². The Morgan fingerprint density at radius 2 is 1.74 bits per heavy atom. The van der Waals surface area contributed by atoms with E-state index in [1.807, 2.05) is 24.3 Å². The molecule has 1 aliphatic rings. The van der Waals surface area contributed by atoms with Crippen molar-refractivity contribution in [3.8, 4) is 11.6 Å². The van der Waals surface area contributed by atoms with E-state index < -0.39 is 22.4 Å². The number of benzene rings is 2. The van der Waals surface area contributed by atoms with Crippen molar-refractivity contribution in [2.24, 2.45) is 0 Å². The molecule has 4 nitrogen and oxygen atoms in total. The van der Waals surface area contributed by atoms with E-state index in [2.05, 4.69) is 25.8 Å². The largest absolute Gasteiger partial charge is 0.437 e. The molecule has 0 radical (unpaired) electrons. The van der Waals surface area contributed by atoms with Crippen molar-refractivity contribution >= 4 is 22.1 Å². The normalized spacial score (nSPS) is 16.3. The zero-order valence-electron chi connectivity index (χ0n) is 17.3. The molecular formula is C23H22F3N3OS. The molecule has 3 aromatic rings. The summed E-state index contributed by atoms with van der Waals surface area (Å²) in [7, 11) is -0.961. The van der Waals surface area contributed by atoms with Crippen molar-refractivity contribution in [3.63, 3.8) is 0 Å². The molecule has 8 heteroatoms. The molecule has 0 spiro atoms. The average Bonchev–Trinajstić information content (AvgIpc) is 3.03. The summed E-state index contributed by atoms with van der Waals surface area (Å²) in [6, 6.07) is 14.7. The average molecular weight is 446 g/mol. The second kappa shape index (κ2) is 7.67. The van der Waals surface area contributed by atoms with Crippen LogP contribution in [-0.4, -0.2) is 10.9 Å². The van der Waals surface area contributed by atoms with Gasteiger partial charge in [-0.3, -0.25) is 4.78 Å². The highest BCUT2D eigenvalue weighted by Gasteiger charge is 2.35. The lowest BCUT2D eigenvalue weighted by atomic mass is 9.86. The summed E-state index contributed by atoms with van der Waals surface area (Å²) in [5.74, 6) is 1.18. The predicted octanol–water partition coefficient (Wildman–Crippen LogP) is 7.04. The van der Waals surface area contributed by atoms with E-state index in [1.54, 1.807) is 23.2 Å². The highest BCUT2D eigenvalue weighted by molar-refractivity contribution is 7.86. The number of alkyl halides is 3. The van der Waals surface area contributed by atoms with Crippen molar-refractivity contribution in [1.29, 1.82) is 4.78 Å². The molecule has 1 atom stereocenters. The lowest BCUT2D eigenvalue weighted by molar-refractivity contribution is -0.137. The minimum Gasteiger partial charge on any atom is -0.437 e. The molecule has 0 amide bonds. The monoisotopic (exact) mass is 445 g/mol. The molecule has 162 valence electrons. The van der Waals surface area contributed by atoms with Crippen LogP contribution in [0.1, 0.15) is 31.9 Å². The molecule has 2 aromatic carbocycles. The van der Waals surface area contributed by atoms with E-state index >= 15 is 0 Å². The Kier molecular flexibility index (Phi) is 5.29. The van der Waals surface area contributed by atoms with Crippen LogP contribution in [0.3, 0.4) is 0 Å². The van der Waals surface area contributed by atoms with Gasteiger partial charge in [0, 0.05) is 16.7 Å². The molecule has 0 fully saturated rings. The summed E-state index contributed by atoms with van der Waals surface area (Å²) < 4.78 is 54.5. The number of aromatic nitrogens is 1. The second-order valence-corrected chi connectivity index (χ2v) is 9.78. The molecule has 1 aliphatic heterocycles. The Balaban J connectivity index is 1.78. The van der Waals surface area contributed by atoms with Gasteiger partial charge < -0.3 is 9.64 Å². The van der Waals surface area contributed by atoms with E-state index in [-0.39, 0.29) is 11.3 Å². The molecule has 4 rings (SSSR count). The van der Waals surface area contributed by atoms with Crippen LogP contribution < -0.4 is 9.64 Å². The summed E-state index contributed by atoms with van der Waals surface area (Å²) in [4.78, 5) is 6.65. The second-order valence-electron chi connectivity index (χ2n) is 8.30. The van der Waals surface area contributed by atoms with Gasteiger partial charge in [-0.05, 0) is 41.8 Å². The van der Waals surface area contributed by atoms with Gasteiger partial charge in [-0.1, -0.05) is 49.7 Å². The van der Waals surface area contributed by atoms with Crippen LogP contribution >= 0.6 is 0 Å². The predicted molar refractivity (Wildman–Crippen MR) is 116 cm³/mol. The molecule has 0 saturated heterocycles. The number of hydrogen-bond donors (Lipinski definition) is 1. The van der Waals surface area contributed by atoms with Gasteiger partial charge in [0.05, 0.1) is 17.1 Å². The van der Waals surface area contributed by atoms with Crippen molar-refractivity contribution in [2.45, 2.75) is 37.3 Å². The summed E-state index contributed by atoms with van der Waals surface area (Å²) >= 11 is 0.